The first kappa shape index (κ1) is 12.6. The first-order valence-corrected chi connectivity index (χ1v) is 6.43. The highest BCUT2D eigenvalue weighted by Gasteiger charge is 2.11. The smallest absolute Gasteiger partial charge is 0.269 e. The number of nitrogens with zero attached hydrogens (tertiary/aromatic N) is 2. The van der Waals surface area contributed by atoms with Gasteiger partial charge in [0.1, 0.15) is 0 Å². The van der Waals surface area contributed by atoms with E-state index in [0.717, 1.165) is 16.6 Å². The van der Waals surface area contributed by atoms with Crippen molar-refractivity contribution in [2.45, 2.75) is 12.6 Å². The Bertz CT molecular complexity index is 781. The molecule has 0 radical (unpaired) electrons. The van der Waals surface area contributed by atoms with Gasteiger partial charge < -0.3 is 9.67 Å². The summed E-state index contributed by atoms with van der Waals surface area (Å²) in [6, 6.07) is 16.7. The highest BCUT2D eigenvalue weighted by Crippen LogP contribution is 2.16. The zero-order chi connectivity index (χ0) is 13.9. The Morgan fingerprint density at radius 3 is 2.55 bits per heavy atom. The summed E-state index contributed by atoms with van der Waals surface area (Å²) < 4.78 is 1.56. The largest absolute Gasteiger partial charge is 0.387 e. The highest BCUT2D eigenvalue weighted by atomic mass is 16.3. The lowest BCUT2D eigenvalue weighted by molar-refractivity contribution is 0.156. The van der Waals surface area contributed by atoms with E-state index in [0.29, 0.717) is 0 Å². The van der Waals surface area contributed by atoms with Crippen molar-refractivity contribution in [2.75, 3.05) is 0 Å². The van der Waals surface area contributed by atoms with Crippen LogP contribution in [0.2, 0.25) is 0 Å². The second-order valence-electron chi connectivity index (χ2n) is 4.62. The van der Waals surface area contributed by atoms with Crippen molar-refractivity contribution in [1.29, 1.82) is 0 Å². The van der Waals surface area contributed by atoms with E-state index in [2.05, 4.69) is 4.98 Å². The van der Waals surface area contributed by atoms with Crippen molar-refractivity contribution < 1.29 is 5.11 Å². The standard InChI is InChI=1S/C16H14N2O2/c19-15(12-6-2-1-3-7-12)11-18-14-9-5-4-8-13(14)17-10-16(18)20/h1-10,15,19H,11H2. The number of aliphatic hydroxyl groups excluding tert-OH is 1. The number of benzene rings is 2. The summed E-state index contributed by atoms with van der Waals surface area (Å²) in [6.07, 6.45) is 0.569. The Morgan fingerprint density at radius 2 is 1.75 bits per heavy atom. The maximum absolute atomic E-state index is 12.0. The van der Waals surface area contributed by atoms with Gasteiger partial charge in [0.15, 0.2) is 0 Å². The number of hydrogen-bond acceptors (Lipinski definition) is 3. The van der Waals surface area contributed by atoms with Crippen LogP contribution in [-0.2, 0) is 6.54 Å². The maximum Gasteiger partial charge on any atom is 0.269 e. The maximum atomic E-state index is 12.0. The van der Waals surface area contributed by atoms with Crippen LogP contribution in [0.3, 0.4) is 0 Å². The number of aliphatic hydroxyl groups is 1. The van der Waals surface area contributed by atoms with Crippen LogP contribution in [0.15, 0.2) is 65.6 Å². The van der Waals surface area contributed by atoms with Crippen LogP contribution >= 0.6 is 0 Å². The molecule has 0 amide bonds. The summed E-state index contributed by atoms with van der Waals surface area (Å²) in [5.41, 5.74) is 2.06. The molecule has 0 saturated heterocycles. The van der Waals surface area contributed by atoms with Gasteiger partial charge >= 0.3 is 0 Å². The molecule has 3 rings (SSSR count). The number of para-hydroxylation sites is 2. The van der Waals surface area contributed by atoms with Crippen LogP contribution in [0.1, 0.15) is 11.7 Å². The molecule has 20 heavy (non-hydrogen) atoms. The Balaban J connectivity index is 2.03. The highest BCUT2D eigenvalue weighted by molar-refractivity contribution is 5.74. The first-order valence-electron chi connectivity index (χ1n) is 6.43. The minimum Gasteiger partial charge on any atom is -0.387 e. The third kappa shape index (κ3) is 2.33. The third-order valence-corrected chi connectivity index (χ3v) is 3.29. The van der Waals surface area contributed by atoms with Crippen molar-refractivity contribution in [1.82, 2.24) is 9.55 Å². The number of fused-ring (bicyclic) bond motifs is 1. The summed E-state index contributed by atoms with van der Waals surface area (Å²) in [5, 5.41) is 10.3. The average Bonchev–Trinajstić information content (AvgIpc) is 2.51. The second-order valence-corrected chi connectivity index (χ2v) is 4.62. The molecule has 1 aromatic heterocycles. The molecule has 1 heterocycles. The Morgan fingerprint density at radius 1 is 1.05 bits per heavy atom. The predicted molar refractivity (Wildman–Crippen MR) is 77.4 cm³/mol. The van der Waals surface area contributed by atoms with E-state index in [1.54, 1.807) is 4.57 Å². The number of rotatable bonds is 3. The van der Waals surface area contributed by atoms with Gasteiger partial charge in [-0.1, -0.05) is 42.5 Å². The molecule has 4 heteroatoms. The zero-order valence-corrected chi connectivity index (χ0v) is 10.8. The molecule has 3 aromatic rings. The van der Waals surface area contributed by atoms with Crippen molar-refractivity contribution in [3.05, 3.63) is 76.7 Å². The monoisotopic (exact) mass is 266 g/mol. The van der Waals surface area contributed by atoms with Gasteiger partial charge in [-0.15, -0.1) is 0 Å². The van der Waals surface area contributed by atoms with E-state index >= 15 is 0 Å². The van der Waals surface area contributed by atoms with Gasteiger partial charge in [-0.3, -0.25) is 4.79 Å². The molecule has 0 saturated carbocycles. The third-order valence-electron chi connectivity index (χ3n) is 3.29. The summed E-state index contributed by atoms with van der Waals surface area (Å²) in [7, 11) is 0. The number of hydrogen-bond donors (Lipinski definition) is 1. The fourth-order valence-electron chi connectivity index (χ4n) is 2.26. The van der Waals surface area contributed by atoms with Crippen LogP contribution in [0, 0.1) is 0 Å². The van der Waals surface area contributed by atoms with Crippen molar-refractivity contribution in [3.63, 3.8) is 0 Å². The number of aromatic nitrogens is 2. The van der Waals surface area contributed by atoms with Crippen molar-refractivity contribution in [2.24, 2.45) is 0 Å². The van der Waals surface area contributed by atoms with E-state index in [1.165, 1.54) is 6.20 Å². The molecule has 4 nitrogen and oxygen atoms in total. The summed E-state index contributed by atoms with van der Waals surface area (Å²) >= 11 is 0. The Kier molecular flexibility index (Phi) is 3.31. The summed E-state index contributed by atoms with van der Waals surface area (Å²) in [6.45, 7) is 0.214. The predicted octanol–water partition coefficient (Wildman–Crippen LogP) is 2.13. The molecule has 0 bridgehead atoms. The van der Waals surface area contributed by atoms with E-state index < -0.39 is 6.10 Å². The molecule has 0 spiro atoms. The molecule has 100 valence electrons. The fraction of sp³-hybridized carbons (Fsp3) is 0.125. The van der Waals surface area contributed by atoms with Crippen LogP contribution < -0.4 is 5.56 Å². The van der Waals surface area contributed by atoms with Gasteiger partial charge in [0.05, 0.1) is 29.9 Å². The van der Waals surface area contributed by atoms with Crippen molar-refractivity contribution >= 4 is 11.0 Å². The SMILES string of the molecule is O=c1cnc2ccccc2n1CC(O)c1ccccc1. The minimum atomic E-state index is -0.722. The van der Waals surface area contributed by atoms with Crippen LogP contribution in [0.5, 0.6) is 0 Å². The average molecular weight is 266 g/mol. The second kappa shape index (κ2) is 5.27. The lowest BCUT2D eigenvalue weighted by Gasteiger charge is -2.14. The van der Waals surface area contributed by atoms with E-state index in [9.17, 15) is 9.90 Å². The quantitative estimate of drug-likeness (QED) is 0.790. The van der Waals surface area contributed by atoms with Crippen LogP contribution in [0.25, 0.3) is 11.0 Å². The molecule has 1 N–H and O–H groups in total. The van der Waals surface area contributed by atoms with Gasteiger partial charge in [-0.2, -0.15) is 0 Å². The molecule has 0 aliphatic carbocycles. The zero-order valence-electron chi connectivity index (χ0n) is 10.8. The van der Waals surface area contributed by atoms with Crippen LogP contribution in [-0.4, -0.2) is 14.7 Å². The molecular formula is C16H14N2O2. The van der Waals surface area contributed by atoms with E-state index in [4.69, 9.17) is 0 Å². The molecule has 0 aliphatic heterocycles. The van der Waals surface area contributed by atoms with Gasteiger partial charge in [0.25, 0.3) is 5.56 Å². The van der Waals surface area contributed by atoms with Gasteiger partial charge in [-0.25, -0.2) is 4.98 Å². The van der Waals surface area contributed by atoms with E-state index in [-0.39, 0.29) is 12.1 Å². The minimum absolute atomic E-state index is 0.210. The fourth-order valence-corrected chi connectivity index (χ4v) is 2.26. The first-order chi connectivity index (χ1) is 9.75. The molecule has 1 unspecified atom stereocenters. The molecule has 2 aromatic carbocycles. The molecular weight excluding hydrogens is 252 g/mol. The van der Waals surface area contributed by atoms with Crippen LogP contribution in [0.4, 0.5) is 0 Å². The van der Waals surface area contributed by atoms with Gasteiger partial charge in [0.2, 0.25) is 0 Å². The normalized spacial score (nSPS) is 12.4. The summed E-state index contributed by atoms with van der Waals surface area (Å²) in [4.78, 5) is 16.1. The van der Waals surface area contributed by atoms with Gasteiger partial charge in [0, 0.05) is 0 Å². The summed E-state index contributed by atoms with van der Waals surface area (Å²) in [5.74, 6) is 0. The van der Waals surface area contributed by atoms with E-state index in [1.807, 2.05) is 54.6 Å². The molecule has 0 aliphatic rings. The topological polar surface area (TPSA) is 55.1 Å². The lowest BCUT2D eigenvalue weighted by Crippen LogP contribution is -2.23. The molecule has 0 fully saturated rings. The lowest BCUT2D eigenvalue weighted by atomic mass is 10.1. The van der Waals surface area contributed by atoms with Crippen molar-refractivity contribution in [3.8, 4) is 0 Å². The van der Waals surface area contributed by atoms with Gasteiger partial charge in [-0.05, 0) is 17.7 Å². The Labute approximate surface area is 116 Å². The Hall–Kier alpha value is -2.46. The molecule has 1 atom stereocenters.